The van der Waals surface area contributed by atoms with E-state index in [-0.39, 0.29) is 0 Å². The van der Waals surface area contributed by atoms with Crippen LogP contribution in [0, 0.1) is 6.92 Å². The second-order valence-electron chi connectivity index (χ2n) is 2.29. The third kappa shape index (κ3) is 2.13. The minimum absolute atomic E-state index is 0.295. The first-order valence-electron chi connectivity index (χ1n) is 3.42. The average Bonchev–Trinajstić information content (AvgIpc) is 1.95. The van der Waals surface area contributed by atoms with Crippen molar-refractivity contribution in [3.63, 3.8) is 0 Å². The van der Waals surface area contributed by atoms with Crippen molar-refractivity contribution in [2.45, 2.75) is 13.3 Å². The van der Waals surface area contributed by atoms with Gasteiger partial charge in [0.2, 0.25) is 5.28 Å². The van der Waals surface area contributed by atoms with Crippen molar-refractivity contribution in [2.24, 2.45) is 5.73 Å². The molecule has 0 aliphatic heterocycles. The van der Waals surface area contributed by atoms with E-state index in [2.05, 4.69) is 9.97 Å². The molecule has 0 aromatic carbocycles. The highest BCUT2D eigenvalue weighted by molar-refractivity contribution is 6.28. The zero-order valence-corrected chi connectivity index (χ0v) is 7.10. The largest absolute Gasteiger partial charge is 0.330 e. The Morgan fingerprint density at radius 2 is 2.36 bits per heavy atom. The lowest BCUT2D eigenvalue weighted by Crippen LogP contribution is -2.05. The lowest BCUT2D eigenvalue weighted by atomic mass is 10.2. The number of hydrogen-bond acceptors (Lipinski definition) is 3. The molecule has 0 spiro atoms. The molecule has 3 nitrogen and oxygen atoms in total. The summed E-state index contributed by atoms with van der Waals surface area (Å²) < 4.78 is 0. The van der Waals surface area contributed by atoms with E-state index in [9.17, 15) is 0 Å². The van der Waals surface area contributed by atoms with Crippen LogP contribution in [-0.2, 0) is 6.42 Å². The van der Waals surface area contributed by atoms with E-state index >= 15 is 0 Å². The van der Waals surface area contributed by atoms with Gasteiger partial charge >= 0.3 is 0 Å². The minimum Gasteiger partial charge on any atom is -0.330 e. The van der Waals surface area contributed by atoms with Gasteiger partial charge < -0.3 is 5.73 Å². The number of nitrogens with two attached hydrogens (primary N) is 1. The summed E-state index contributed by atoms with van der Waals surface area (Å²) >= 11 is 5.56. The quantitative estimate of drug-likeness (QED) is 0.674. The molecule has 0 saturated carbocycles. The number of aryl methyl sites for hydroxylation is 1. The third-order valence-electron chi connectivity index (χ3n) is 1.47. The molecule has 1 heterocycles. The Morgan fingerprint density at radius 1 is 1.64 bits per heavy atom. The minimum atomic E-state index is 0.295. The zero-order chi connectivity index (χ0) is 8.27. The molecule has 1 aromatic rings. The van der Waals surface area contributed by atoms with Gasteiger partial charge in [-0.15, -0.1) is 0 Å². The summed E-state index contributed by atoms with van der Waals surface area (Å²) in [6.45, 7) is 2.52. The summed E-state index contributed by atoms with van der Waals surface area (Å²) in [6.07, 6.45) is 2.53. The van der Waals surface area contributed by atoms with Gasteiger partial charge in [0.05, 0.1) is 0 Å². The van der Waals surface area contributed by atoms with Crippen LogP contribution in [0.25, 0.3) is 0 Å². The second-order valence-corrected chi connectivity index (χ2v) is 2.63. The van der Waals surface area contributed by atoms with Crippen molar-refractivity contribution < 1.29 is 0 Å². The molecule has 0 atom stereocenters. The summed E-state index contributed by atoms with van der Waals surface area (Å²) in [7, 11) is 0. The highest BCUT2D eigenvalue weighted by Crippen LogP contribution is 2.06. The van der Waals surface area contributed by atoms with Crippen molar-refractivity contribution in [3.05, 3.63) is 22.7 Å². The predicted molar refractivity (Wildman–Crippen MR) is 44.5 cm³/mol. The fourth-order valence-corrected chi connectivity index (χ4v) is 1.04. The highest BCUT2D eigenvalue weighted by atomic mass is 35.5. The number of nitrogens with zero attached hydrogens (tertiary/aromatic N) is 2. The van der Waals surface area contributed by atoms with Gasteiger partial charge in [0.1, 0.15) is 0 Å². The topological polar surface area (TPSA) is 51.8 Å². The van der Waals surface area contributed by atoms with Crippen molar-refractivity contribution in [3.8, 4) is 0 Å². The van der Waals surface area contributed by atoms with Crippen LogP contribution in [0.2, 0.25) is 5.28 Å². The molecule has 0 bridgehead atoms. The van der Waals surface area contributed by atoms with Gasteiger partial charge in [-0.25, -0.2) is 9.97 Å². The van der Waals surface area contributed by atoms with Crippen LogP contribution in [0.15, 0.2) is 6.20 Å². The van der Waals surface area contributed by atoms with Crippen LogP contribution in [0.1, 0.15) is 11.3 Å². The molecule has 11 heavy (non-hydrogen) atoms. The van der Waals surface area contributed by atoms with Gasteiger partial charge in [0, 0.05) is 11.9 Å². The molecule has 60 valence electrons. The molecule has 4 heteroatoms. The molecule has 0 amide bonds. The molecular weight excluding hydrogens is 162 g/mol. The molecule has 0 aliphatic carbocycles. The molecule has 0 radical (unpaired) electrons. The van der Waals surface area contributed by atoms with Crippen molar-refractivity contribution in [1.82, 2.24) is 9.97 Å². The zero-order valence-electron chi connectivity index (χ0n) is 6.34. The first-order valence-corrected chi connectivity index (χ1v) is 3.80. The van der Waals surface area contributed by atoms with E-state index < -0.39 is 0 Å². The van der Waals surface area contributed by atoms with Gasteiger partial charge in [0.15, 0.2) is 0 Å². The first kappa shape index (κ1) is 8.43. The van der Waals surface area contributed by atoms with Gasteiger partial charge in [-0.2, -0.15) is 0 Å². The van der Waals surface area contributed by atoms with E-state index in [4.69, 9.17) is 17.3 Å². The van der Waals surface area contributed by atoms with E-state index in [1.54, 1.807) is 6.20 Å². The number of rotatable bonds is 2. The van der Waals surface area contributed by atoms with E-state index in [0.717, 1.165) is 17.7 Å². The maximum absolute atomic E-state index is 5.56. The molecule has 2 N–H and O–H groups in total. The smallest absolute Gasteiger partial charge is 0.222 e. The molecular formula is C7H10ClN3. The van der Waals surface area contributed by atoms with Crippen LogP contribution < -0.4 is 5.73 Å². The van der Waals surface area contributed by atoms with Crippen LogP contribution in [0.3, 0.4) is 0 Å². The fourth-order valence-electron chi connectivity index (χ4n) is 0.865. The van der Waals surface area contributed by atoms with Gasteiger partial charge in [-0.3, -0.25) is 0 Å². The maximum Gasteiger partial charge on any atom is 0.222 e. The lowest BCUT2D eigenvalue weighted by Gasteiger charge is -2.01. The van der Waals surface area contributed by atoms with Crippen LogP contribution in [0.5, 0.6) is 0 Å². The number of aromatic nitrogens is 2. The average molecular weight is 172 g/mol. The third-order valence-corrected chi connectivity index (χ3v) is 1.65. The van der Waals surface area contributed by atoms with Gasteiger partial charge in [-0.1, -0.05) is 0 Å². The Balaban J connectivity index is 2.90. The standard InChI is InChI=1S/C7H10ClN3/c1-5-6(2-3-9)4-10-7(8)11-5/h4H,2-3,9H2,1H3. The monoisotopic (exact) mass is 171 g/mol. The van der Waals surface area contributed by atoms with E-state index in [1.807, 2.05) is 6.92 Å². The normalized spacial score (nSPS) is 10.1. The molecule has 0 unspecified atom stereocenters. The molecule has 0 aliphatic rings. The summed E-state index contributed by atoms with van der Waals surface area (Å²) in [5.74, 6) is 0. The van der Waals surface area contributed by atoms with Crippen LogP contribution >= 0.6 is 11.6 Å². The predicted octanol–water partition coefficient (Wildman–Crippen LogP) is 0.940. The maximum atomic E-state index is 5.56. The summed E-state index contributed by atoms with van der Waals surface area (Å²) in [4.78, 5) is 7.85. The molecule has 0 fully saturated rings. The Bertz CT molecular complexity index is 249. The second kappa shape index (κ2) is 3.64. The number of hydrogen-bond donors (Lipinski definition) is 1. The van der Waals surface area contributed by atoms with E-state index in [0.29, 0.717) is 11.8 Å². The Kier molecular flexibility index (Phi) is 2.79. The van der Waals surface area contributed by atoms with Crippen molar-refractivity contribution in [1.29, 1.82) is 0 Å². The van der Waals surface area contributed by atoms with Gasteiger partial charge in [-0.05, 0) is 37.1 Å². The lowest BCUT2D eigenvalue weighted by molar-refractivity contribution is 0.918. The Morgan fingerprint density at radius 3 is 2.91 bits per heavy atom. The number of halogens is 1. The van der Waals surface area contributed by atoms with Crippen LogP contribution in [0.4, 0.5) is 0 Å². The molecule has 1 rings (SSSR count). The highest BCUT2D eigenvalue weighted by Gasteiger charge is 1.99. The molecule has 0 saturated heterocycles. The Labute approximate surface area is 70.6 Å². The van der Waals surface area contributed by atoms with Crippen molar-refractivity contribution in [2.75, 3.05) is 6.54 Å². The fraction of sp³-hybridized carbons (Fsp3) is 0.429. The SMILES string of the molecule is Cc1nc(Cl)ncc1CCN. The van der Waals surface area contributed by atoms with Gasteiger partial charge in [0.25, 0.3) is 0 Å². The first-order chi connectivity index (χ1) is 5.24. The summed E-state index contributed by atoms with van der Waals surface area (Å²) in [5.41, 5.74) is 7.36. The summed E-state index contributed by atoms with van der Waals surface area (Å²) in [6, 6.07) is 0. The van der Waals surface area contributed by atoms with Crippen molar-refractivity contribution >= 4 is 11.6 Å². The Hall–Kier alpha value is -0.670. The van der Waals surface area contributed by atoms with Crippen LogP contribution in [-0.4, -0.2) is 16.5 Å². The molecule has 1 aromatic heterocycles. The summed E-state index contributed by atoms with van der Waals surface area (Å²) in [5, 5.41) is 0.295. The van der Waals surface area contributed by atoms with E-state index in [1.165, 1.54) is 0 Å².